The first-order valence-electron chi connectivity index (χ1n) is 13.0. The standard InChI is InChI=1S/C28H31N5O4S2/c1-16(25(34)31-17-5-7-18(35-4)8-6-17)38-27-23-22(29-15-30-27)21-19-13-28(2,3)37-14-20(19)24(32-26(21)39-23)33-9-11-36-12-10-33/h5-8,15-16H,9-14H2,1-4H3,(H,31,34). The molecule has 0 spiro atoms. The predicted molar refractivity (Wildman–Crippen MR) is 155 cm³/mol. The molecule has 9 nitrogen and oxygen atoms in total. The molecule has 11 heteroatoms. The topological polar surface area (TPSA) is 98.7 Å². The summed E-state index contributed by atoms with van der Waals surface area (Å²) < 4.78 is 18.0. The van der Waals surface area contributed by atoms with Crippen molar-refractivity contribution in [1.82, 2.24) is 15.0 Å². The van der Waals surface area contributed by atoms with E-state index in [1.54, 1.807) is 24.8 Å². The Morgan fingerprint density at radius 1 is 1.18 bits per heavy atom. The molecule has 1 amide bonds. The van der Waals surface area contributed by atoms with Crippen LogP contribution in [-0.2, 0) is 27.3 Å². The van der Waals surface area contributed by atoms with Crippen LogP contribution in [0.3, 0.4) is 0 Å². The highest BCUT2D eigenvalue weighted by Crippen LogP contribution is 2.45. The second-order valence-electron chi connectivity index (χ2n) is 10.3. The van der Waals surface area contributed by atoms with Gasteiger partial charge in [-0.1, -0.05) is 11.8 Å². The monoisotopic (exact) mass is 565 g/mol. The van der Waals surface area contributed by atoms with Crippen molar-refractivity contribution < 1.29 is 19.0 Å². The van der Waals surface area contributed by atoms with Crippen LogP contribution in [0.1, 0.15) is 31.9 Å². The number of carbonyl (C=O) groups excluding carboxylic acids is 1. The van der Waals surface area contributed by atoms with Gasteiger partial charge in [-0.25, -0.2) is 15.0 Å². The summed E-state index contributed by atoms with van der Waals surface area (Å²) in [5, 5.41) is 4.48. The van der Waals surface area contributed by atoms with Gasteiger partial charge in [-0.15, -0.1) is 11.3 Å². The summed E-state index contributed by atoms with van der Waals surface area (Å²) in [6.07, 6.45) is 2.37. The molecule has 0 radical (unpaired) electrons. The number of nitrogens with one attached hydrogen (secondary N) is 1. The number of amides is 1. The molecule has 1 N–H and O–H groups in total. The number of hydrogen-bond acceptors (Lipinski definition) is 10. The summed E-state index contributed by atoms with van der Waals surface area (Å²) in [7, 11) is 1.62. The molecule has 4 aromatic rings. The first kappa shape index (κ1) is 26.2. The average Bonchev–Trinajstić information content (AvgIpc) is 3.33. The van der Waals surface area contributed by atoms with Gasteiger partial charge in [-0.2, -0.15) is 0 Å². The largest absolute Gasteiger partial charge is 0.497 e. The van der Waals surface area contributed by atoms with Gasteiger partial charge in [-0.05, 0) is 50.6 Å². The predicted octanol–water partition coefficient (Wildman–Crippen LogP) is 5.06. The Hall–Kier alpha value is -2.99. The van der Waals surface area contributed by atoms with E-state index in [2.05, 4.69) is 29.0 Å². The minimum atomic E-state index is -0.367. The number of nitrogens with zero attached hydrogens (tertiary/aromatic N) is 4. The van der Waals surface area contributed by atoms with E-state index in [4.69, 9.17) is 24.2 Å². The summed E-state index contributed by atoms with van der Waals surface area (Å²) in [5.74, 6) is 1.63. The van der Waals surface area contributed by atoms with Crippen LogP contribution >= 0.6 is 23.1 Å². The van der Waals surface area contributed by atoms with Gasteiger partial charge in [0.1, 0.15) is 27.8 Å². The fraction of sp³-hybridized carbons (Fsp3) is 0.429. The molecule has 204 valence electrons. The Labute approximate surface area is 235 Å². The highest BCUT2D eigenvalue weighted by Gasteiger charge is 2.33. The number of benzene rings is 1. The number of thiophene rings is 1. The molecule has 1 aromatic carbocycles. The van der Waals surface area contributed by atoms with E-state index in [1.165, 1.54) is 17.3 Å². The van der Waals surface area contributed by atoms with Gasteiger partial charge in [0.05, 0.1) is 48.0 Å². The van der Waals surface area contributed by atoms with Crippen LogP contribution in [0.15, 0.2) is 35.6 Å². The first-order valence-corrected chi connectivity index (χ1v) is 14.7. The number of fused-ring (bicyclic) bond motifs is 5. The molecule has 0 bridgehead atoms. The Morgan fingerprint density at radius 2 is 1.95 bits per heavy atom. The van der Waals surface area contributed by atoms with E-state index < -0.39 is 0 Å². The van der Waals surface area contributed by atoms with Gasteiger partial charge in [-0.3, -0.25) is 4.79 Å². The molecule has 1 unspecified atom stereocenters. The summed E-state index contributed by atoms with van der Waals surface area (Å²) in [4.78, 5) is 30.8. The van der Waals surface area contributed by atoms with Crippen LogP contribution in [0.4, 0.5) is 11.5 Å². The van der Waals surface area contributed by atoms with Crippen LogP contribution in [0.5, 0.6) is 5.75 Å². The minimum Gasteiger partial charge on any atom is -0.497 e. The van der Waals surface area contributed by atoms with E-state index in [9.17, 15) is 4.79 Å². The van der Waals surface area contributed by atoms with Gasteiger partial charge in [0, 0.05) is 36.1 Å². The van der Waals surface area contributed by atoms with E-state index >= 15 is 0 Å². The third-order valence-electron chi connectivity index (χ3n) is 7.10. The number of anilines is 2. The quantitative estimate of drug-likeness (QED) is 0.254. The molecular formula is C28H31N5O4S2. The lowest BCUT2D eigenvalue weighted by atomic mass is 9.90. The van der Waals surface area contributed by atoms with Crippen molar-refractivity contribution in [3.05, 3.63) is 41.7 Å². The van der Waals surface area contributed by atoms with Crippen molar-refractivity contribution in [1.29, 1.82) is 0 Å². The number of ether oxygens (including phenoxy) is 3. The Morgan fingerprint density at radius 3 is 2.69 bits per heavy atom. The molecule has 1 saturated heterocycles. The third kappa shape index (κ3) is 5.16. The van der Waals surface area contributed by atoms with Crippen molar-refractivity contribution in [2.45, 2.75) is 49.7 Å². The zero-order valence-corrected chi connectivity index (χ0v) is 24.1. The lowest BCUT2D eigenvalue weighted by molar-refractivity contribution is -0.115. The van der Waals surface area contributed by atoms with Crippen LogP contribution in [0.25, 0.3) is 20.4 Å². The highest BCUT2D eigenvalue weighted by atomic mass is 32.2. The van der Waals surface area contributed by atoms with E-state index in [1.807, 2.05) is 31.2 Å². The van der Waals surface area contributed by atoms with Crippen molar-refractivity contribution in [3.8, 4) is 5.75 Å². The maximum atomic E-state index is 13.0. The fourth-order valence-corrected chi connectivity index (χ4v) is 7.15. The summed E-state index contributed by atoms with van der Waals surface area (Å²) in [6.45, 7) is 9.66. The molecule has 1 atom stereocenters. The number of hydrogen-bond donors (Lipinski definition) is 1. The lowest BCUT2D eigenvalue weighted by Gasteiger charge is -2.36. The van der Waals surface area contributed by atoms with Crippen molar-refractivity contribution in [2.75, 3.05) is 43.6 Å². The smallest absolute Gasteiger partial charge is 0.237 e. The maximum absolute atomic E-state index is 13.0. The van der Waals surface area contributed by atoms with Gasteiger partial charge in [0.2, 0.25) is 5.91 Å². The van der Waals surface area contributed by atoms with Crippen molar-refractivity contribution in [3.63, 3.8) is 0 Å². The Bertz CT molecular complexity index is 1530. The summed E-state index contributed by atoms with van der Waals surface area (Å²) in [6, 6.07) is 7.30. The number of pyridine rings is 1. The number of methoxy groups -OCH3 is 1. The normalized spacial score (nSPS) is 17.7. The zero-order valence-electron chi connectivity index (χ0n) is 22.4. The summed E-state index contributed by atoms with van der Waals surface area (Å²) in [5.41, 5.74) is 3.73. The molecule has 5 heterocycles. The van der Waals surface area contributed by atoms with Crippen LogP contribution in [0, 0.1) is 0 Å². The molecule has 2 aliphatic heterocycles. The minimum absolute atomic E-state index is 0.0953. The SMILES string of the molecule is COc1ccc(NC(=O)C(C)Sc2ncnc3c2sc2nc(N4CCOCC4)c4c(c23)CC(C)(C)OC4)cc1. The van der Waals surface area contributed by atoms with Crippen LogP contribution in [-0.4, -0.2) is 65.1 Å². The fourth-order valence-electron chi connectivity index (χ4n) is 5.03. The summed E-state index contributed by atoms with van der Waals surface area (Å²) >= 11 is 3.04. The second-order valence-corrected chi connectivity index (χ2v) is 12.7. The Kier molecular flexibility index (Phi) is 7.09. The van der Waals surface area contributed by atoms with E-state index in [0.717, 1.165) is 67.8 Å². The number of rotatable bonds is 6. The van der Waals surface area contributed by atoms with Crippen molar-refractivity contribution in [2.24, 2.45) is 0 Å². The molecule has 6 rings (SSSR count). The molecule has 0 saturated carbocycles. The molecule has 1 fully saturated rings. The third-order valence-corrected chi connectivity index (χ3v) is 9.41. The number of aromatic nitrogens is 3. The van der Waals surface area contributed by atoms with E-state index in [0.29, 0.717) is 19.8 Å². The average molecular weight is 566 g/mol. The molecule has 2 aliphatic rings. The van der Waals surface area contributed by atoms with Gasteiger partial charge >= 0.3 is 0 Å². The number of morpholine rings is 1. The van der Waals surface area contributed by atoms with Gasteiger partial charge < -0.3 is 24.4 Å². The van der Waals surface area contributed by atoms with Crippen LogP contribution < -0.4 is 15.0 Å². The molecule has 39 heavy (non-hydrogen) atoms. The lowest BCUT2D eigenvalue weighted by Crippen LogP contribution is -2.39. The van der Waals surface area contributed by atoms with Gasteiger partial charge in [0.15, 0.2) is 0 Å². The van der Waals surface area contributed by atoms with E-state index in [-0.39, 0.29) is 16.8 Å². The first-order chi connectivity index (χ1) is 18.8. The second kappa shape index (κ2) is 10.5. The molecular weight excluding hydrogens is 534 g/mol. The zero-order chi connectivity index (χ0) is 27.1. The maximum Gasteiger partial charge on any atom is 0.237 e. The molecule has 3 aromatic heterocycles. The molecule has 0 aliphatic carbocycles. The number of carbonyl (C=O) groups is 1. The van der Waals surface area contributed by atoms with Gasteiger partial charge in [0.25, 0.3) is 0 Å². The van der Waals surface area contributed by atoms with Crippen LogP contribution in [0.2, 0.25) is 0 Å². The highest BCUT2D eigenvalue weighted by molar-refractivity contribution is 8.00. The van der Waals surface area contributed by atoms with Crippen molar-refractivity contribution >= 4 is 60.9 Å². The Balaban J connectivity index is 1.36. The number of thioether (sulfide) groups is 1.